The number of aliphatic hydroxyl groups excluding tert-OH is 1. The number of benzene rings is 2. The standard InChI is InChI=1S/C17H16FNO2/c1-11-7-13(12(2)20)4-6-17(11)21-10-15-8-16(18)5-3-14(15)9-19/h3-8,12,20H,10H2,1-2H3/t12-/m0/s1. The lowest BCUT2D eigenvalue weighted by molar-refractivity contribution is 0.199. The van der Waals surface area contributed by atoms with Crippen molar-refractivity contribution in [2.24, 2.45) is 0 Å². The van der Waals surface area contributed by atoms with E-state index in [1.54, 1.807) is 19.1 Å². The summed E-state index contributed by atoms with van der Waals surface area (Å²) in [6, 6.07) is 11.4. The van der Waals surface area contributed by atoms with Gasteiger partial charge >= 0.3 is 0 Å². The number of aliphatic hydroxyl groups is 1. The van der Waals surface area contributed by atoms with Gasteiger partial charge in [-0.25, -0.2) is 4.39 Å². The second-order valence-electron chi connectivity index (χ2n) is 4.90. The summed E-state index contributed by atoms with van der Waals surface area (Å²) >= 11 is 0. The predicted molar refractivity (Wildman–Crippen MR) is 77.3 cm³/mol. The van der Waals surface area contributed by atoms with Gasteiger partial charge in [-0.05, 0) is 55.3 Å². The topological polar surface area (TPSA) is 53.2 Å². The molecular formula is C17H16FNO2. The Kier molecular flexibility index (Phi) is 4.56. The van der Waals surface area contributed by atoms with E-state index < -0.39 is 11.9 Å². The van der Waals surface area contributed by atoms with Gasteiger partial charge in [-0.1, -0.05) is 6.07 Å². The van der Waals surface area contributed by atoms with Gasteiger partial charge < -0.3 is 9.84 Å². The van der Waals surface area contributed by atoms with E-state index in [1.807, 2.05) is 19.1 Å². The van der Waals surface area contributed by atoms with Crippen molar-refractivity contribution in [3.05, 3.63) is 64.5 Å². The smallest absolute Gasteiger partial charge is 0.123 e. The Morgan fingerprint density at radius 3 is 2.67 bits per heavy atom. The quantitative estimate of drug-likeness (QED) is 0.933. The molecule has 0 aliphatic rings. The third-order valence-corrected chi connectivity index (χ3v) is 3.25. The van der Waals surface area contributed by atoms with Crippen molar-refractivity contribution in [3.8, 4) is 11.8 Å². The maximum atomic E-state index is 13.2. The SMILES string of the molecule is Cc1cc([C@H](C)O)ccc1OCc1cc(F)ccc1C#N. The first-order valence-electron chi connectivity index (χ1n) is 6.61. The van der Waals surface area contributed by atoms with Crippen LogP contribution in [0.4, 0.5) is 4.39 Å². The Morgan fingerprint density at radius 2 is 2.05 bits per heavy atom. The largest absolute Gasteiger partial charge is 0.489 e. The second-order valence-corrected chi connectivity index (χ2v) is 4.90. The molecule has 0 bridgehead atoms. The number of halogens is 1. The molecule has 0 fully saturated rings. The molecule has 2 rings (SSSR count). The van der Waals surface area contributed by atoms with E-state index in [0.29, 0.717) is 16.9 Å². The molecule has 3 nitrogen and oxygen atoms in total. The van der Waals surface area contributed by atoms with Gasteiger partial charge in [0.2, 0.25) is 0 Å². The van der Waals surface area contributed by atoms with Crippen LogP contribution in [0, 0.1) is 24.1 Å². The van der Waals surface area contributed by atoms with Crippen molar-refractivity contribution >= 4 is 0 Å². The molecule has 0 amide bonds. The monoisotopic (exact) mass is 285 g/mol. The van der Waals surface area contributed by atoms with Crippen LogP contribution < -0.4 is 4.74 Å². The zero-order chi connectivity index (χ0) is 15.4. The molecule has 0 aliphatic heterocycles. The summed E-state index contributed by atoms with van der Waals surface area (Å²) in [6.45, 7) is 3.69. The van der Waals surface area contributed by atoms with Crippen LogP contribution in [-0.2, 0) is 6.61 Å². The first kappa shape index (κ1) is 15.0. The van der Waals surface area contributed by atoms with E-state index in [4.69, 9.17) is 10.00 Å². The molecule has 1 N–H and O–H groups in total. The number of rotatable bonds is 4. The van der Waals surface area contributed by atoms with Gasteiger partial charge in [0.1, 0.15) is 18.2 Å². The summed E-state index contributed by atoms with van der Waals surface area (Å²) in [7, 11) is 0. The van der Waals surface area contributed by atoms with E-state index >= 15 is 0 Å². The van der Waals surface area contributed by atoms with Gasteiger partial charge in [0.25, 0.3) is 0 Å². The Labute approximate surface area is 123 Å². The van der Waals surface area contributed by atoms with Crippen LogP contribution in [0.3, 0.4) is 0 Å². The van der Waals surface area contributed by atoms with Crippen LogP contribution in [0.5, 0.6) is 5.75 Å². The lowest BCUT2D eigenvalue weighted by Crippen LogP contribution is -2.01. The van der Waals surface area contributed by atoms with Crippen molar-refractivity contribution in [3.63, 3.8) is 0 Å². The Hall–Kier alpha value is -2.38. The van der Waals surface area contributed by atoms with Gasteiger partial charge in [-0.15, -0.1) is 0 Å². The van der Waals surface area contributed by atoms with E-state index in [9.17, 15) is 9.50 Å². The number of aryl methyl sites for hydroxylation is 1. The van der Waals surface area contributed by atoms with Crippen LogP contribution >= 0.6 is 0 Å². The number of nitriles is 1. The normalized spacial score (nSPS) is 11.8. The molecule has 2 aromatic carbocycles. The van der Waals surface area contributed by atoms with Gasteiger partial charge in [0.05, 0.1) is 17.7 Å². The summed E-state index contributed by atoms with van der Waals surface area (Å²) in [5, 5.41) is 18.5. The maximum Gasteiger partial charge on any atom is 0.123 e. The van der Waals surface area contributed by atoms with Gasteiger partial charge in [0, 0.05) is 5.56 Å². The Balaban J connectivity index is 2.17. The molecule has 0 radical (unpaired) electrons. The highest BCUT2D eigenvalue weighted by molar-refractivity contribution is 5.39. The first-order chi connectivity index (χ1) is 10.0. The molecule has 0 heterocycles. The van der Waals surface area contributed by atoms with E-state index in [0.717, 1.165) is 11.1 Å². The highest BCUT2D eigenvalue weighted by Crippen LogP contribution is 2.24. The number of hydrogen-bond donors (Lipinski definition) is 1. The van der Waals surface area contributed by atoms with Crippen LogP contribution in [0.2, 0.25) is 0 Å². The zero-order valence-electron chi connectivity index (χ0n) is 11.9. The maximum absolute atomic E-state index is 13.2. The van der Waals surface area contributed by atoms with Gasteiger partial charge in [0.15, 0.2) is 0 Å². The summed E-state index contributed by atoms with van der Waals surface area (Å²) in [5.74, 6) is 0.251. The zero-order valence-corrected chi connectivity index (χ0v) is 11.9. The molecule has 0 saturated carbocycles. The molecule has 2 aromatic rings. The molecule has 0 spiro atoms. The summed E-state index contributed by atoms with van der Waals surface area (Å²) in [4.78, 5) is 0. The number of nitrogens with zero attached hydrogens (tertiary/aromatic N) is 1. The minimum Gasteiger partial charge on any atom is -0.489 e. The lowest BCUT2D eigenvalue weighted by atomic mass is 10.1. The van der Waals surface area contributed by atoms with Crippen LogP contribution in [0.15, 0.2) is 36.4 Å². The fourth-order valence-corrected chi connectivity index (χ4v) is 2.04. The fourth-order valence-electron chi connectivity index (χ4n) is 2.04. The van der Waals surface area contributed by atoms with Crippen molar-refractivity contribution in [1.82, 2.24) is 0 Å². The first-order valence-corrected chi connectivity index (χ1v) is 6.61. The molecule has 0 aliphatic carbocycles. The third kappa shape index (κ3) is 3.59. The molecule has 0 aromatic heterocycles. The predicted octanol–water partition coefficient (Wildman–Crippen LogP) is 3.64. The molecule has 0 saturated heterocycles. The molecule has 4 heteroatoms. The highest BCUT2D eigenvalue weighted by Gasteiger charge is 2.08. The van der Waals surface area contributed by atoms with Crippen LogP contribution in [0.25, 0.3) is 0 Å². The van der Waals surface area contributed by atoms with Crippen LogP contribution in [-0.4, -0.2) is 5.11 Å². The number of ether oxygens (including phenoxy) is 1. The third-order valence-electron chi connectivity index (χ3n) is 3.25. The minimum absolute atomic E-state index is 0.121. The molecule has 21 heavy (non-hydrogen) atoms. The Morgan fingerprint density at radius 1 is 1.29 bits per heavy atom. The lowest BCUT2D eigenvalue weighted by Gasteiger charge is -2.12. The molecular weight excluding hydrogens is 269 g/mol. The minimum atomic E-state index is -0.536. The second kappa shape index (κ2) is 6.38. The summed E-state index contributed by atoms with van der Waals surface area (Å²) in [6.07, 6.45) is -0.536. The average molecular weight is 285 g/mol. The number of hydrogen-bond acceptors (Lipinski definition) is 3. The summed E-state index contributed by atoms with van der Waals surface area (Å²) < 4.78 is 18.9. The van der Waals surface area contributed by atoms with Crippen molar-refractivity contribution < 1.29 is 14.2 Å². The molecule has 0 unspecified atom stereocenters. The Bertz CT molecular complexity index is 690. The van der Waals surface area contributed by atoms with Gasteiger partial charge in [-0.2, -0.15) is 5.26 Å². The average Bonchev–Trinajstić information content (AvgIpc) is 2.46. The fraction of sp³-hybridized carbons (Fsp3) is 0.235. The van der Waals surface area contributed by atoms with Gasteiger partial charge in [-0.3, -0.25) is 0 Å². The van der Waals surface area contributed by atoms with Crippen molar-refractivity contribution in [2.75, 3.05) is 0 Å². The van der Waals surface area contributed by atoms with E-state index in [1.165, 1.54) is 18.2 Å². The van der Waals surface area contributed by atoms with Crippen LogP contribution in [0.1, 0.15) is 35.3 Å². The van der Waals surface area contributed by atoms with E-state index in [2.05, 4.69) is 0 Å². The summed E-state index contributed by atoms with van der Waals surface area (Å²) in [5.41, 5.74) is 2.60. The molecule has 1 atom stereocenters. The highest BCUT2D eigenvalue weighted by atomic mass is 19.1. The van der Waals surface area contributed by atoms with Crippen molar-refractivity contribution in [2.45, 2.75) is 26.6 Å². The van der Waals surface area contributed by atoms with Crippen molar-refractivity contribution in [1.29, 1.82) is 5.26 Å². The molecule has 108 valence electrons. The van der Waals surface area contributed by atoms with E-state index in [-0.39, 0.29) is 6.61 Å².